The van der Waals surface area contributed by atoms with Crippen LogP contribution in [0.15, 0.2) is 36.4 Å². The third kappa shape index (κ3) is 4.27. The number of carbonyl (C=O) groups is 1. The second-order valence-electron chi connectivity index (χ2n) is 7.42. The van der Waals surface area contributed by atoms with Gasteiger partial charge in [-0.1, -0.05) is 42.0 Å². The summed E-state index contributed by atoms with van der Waals surface area (Å²) in [6.07, 6.45) is 0. The third-order valence-electron chi connectivity index (χ3n) is 5.12. The fraction of sp³-hybridized carbons (Fsp3) is 0.381. The van der Waals surface area contributed by atoms with Gasteiger partial charge < -0.3 is 5.32 Å². The molecule has 0 atom stereocenters. The lowest BCUT2D eigenvalue weighted by atomic mass is 10.1. The van der Waals surface area contributed by atoms with Crippen LogP contribution in [0.3, 0.4) is 0 Å². The van der Waals surface area contributed by atoms with Crippen LogP contribution < -0.4 is 5.32 Å². The Kier molecular flexibility index (Phi) is 5.88. The second kappa shape index (κ2) is 8.03. The molecule has 6 nitrogen and oxygen atoms in total. The highest BCUT2D eigenvalue weighted by Crippen LogP contribution is 2.23. The first-order chi connectivity index (χ1) is 13.2. The van der Waals surface area contributed by atoms with Crippen molar-refractivity contribution in [1.29, 1.82) is 0 Å². The van der Waals surface area contributed by atoms with Crippen LogP contribution in [0.1, 0.15) is 27.8 Å². The minimum atomic E-state index is -3.65. The Bertz CT molecular complexity index is 979. The Morgan fingerprint density at radius 1 is 0.964 bits per heavy atom. The van der Waals surface area contributed by atoms with E-state index >= 15 is 0 Å². The summed E-state index contributed by atoms with van der Waals surface area (Å²) < 4.78 is 28.4. The number of aryl methyl sites for hydroxylation is 4. The lowest BCUT2D eigenvalue weighted by molar-refractivity contribution is -0.116. The zero-order chi connectivity index (χ0) is 20.5. The Morgan fingerprint density at radius 3 is 2.21 bits per heavy atom. The van der Waals surface area contributed by atoms with E-state index in [0.717, 1.165) is 33.5 Å². The van der Waals surface area contributed by atoms with E-state index < -0.39 is 10.2 Å². The first-order valence-corrected chi connectivity index (χ1v) is 10.8. The molecule has 0 saturated carbocycles. The number of rotatable bonds is 5. The third-order valence-corrected chi connectivity index (χ3v) is 7.05. The number of hydrogen-bond acceptors (Lipinski definition) is 3. The fourth-order valence-electron chi connectivity index (χ4n) is 3.63. The number of nitrogens with zero attached hydrogens (tertiary/aromatic N) is 2. The molecule has 0 aliphatic carbocycles. The first-order valence-electron chi connectivity index (χ1n) is 9.36. The van der Waals surface area contributed by atoms with Crippen molar-refractivity contribution < 1.29 is 13.2 Å². The van der Waals surface area contributed by atoms with Crippen LogP contribution in [0.25, 0.3) is 0 Å². The van der Waals surface area contributed by atoms with Gasteiger partial charge in [0.15, 0.2) is 0 Å². The summed E-state index contributed by atoms with van der Waals surface area (Å²) in [5, 5.41) is 2.88. The Labute approximate surface area is 167 Å². The van der Waals surface area contributed by atoms with Gasteiger partial charge in [0.2, 0.25) is 5.91 Å². The van der Waals surface area contributed by atoms with Crippen molar-refractivity contribution in [3.8, 4) is 0 Å². The average Bonchev–Trinajstić information content (AvgIpc) is 2.87. The Morgan fingerprint density at radius 2 is 1.57 bits per heavy atom. The molecule has 28 heavy (non-hydrogen) atoms. The number of anilines is 1. The monoisotopic (exact) mass is 401 g/mol. The predicted octanol–water partition coefficient (Wildman–Crippen LogP) is 2.92. The van der Waals surface area contributed by atoms with E-state index in [1.54, 1.807) is 0 Å². The maximum atomic E-state index is 12.8. The Balaban J connectivity index is 1.68. The van der Waals surface area contributed by atoms with Gasteiger partial charge in [0.05, 0.1) is 6.54 Å². The molecule has 150 valence electrons. The molecule has 1 aliphatic heterocycles. The largest absolute Gasteiger partial charge is 0.324 e. The summed E-state index contributed by atoms with van der Waals surface area (Å²) in [6.45, 7) is 8.68. The summed E-state index contributed by atoms with van der Waals surface area (Å²) in [7, 11) is -3.65. The summed E-state index contributed by atoms with van der Waals surface area (Å²) in [5.41, 5.74) is 5.85. The van der Waals surface area contributed by atoms with E-state index in [4.69, 9.17) is 0 Å². The van der Waals surface area contributed by atoms with Crippen LogP contribution in [0.5, 0.6) is 0 Å². The smallest absolute Gasteiger partial charge is 0.282 e. The molecule has 2 aromatic rings. The number of amides is 1. The molecule has 1 heterocycles. The zero-order valence-electron chi connectivity index (χ0n) is 16.8. The van der Waals surface area contributed by atoms with Crippen LogP contribution in [0.2, 0.25) is 0 Å². The van der Waals surface area contributed by atoms with Crippen molar-refractivity contribution in [1.82, 2.24) is 8.61 Å². The van der Waals surface area contributed by atoms with Crippen molar-refractivity contribution in [3.63, 3.8) is 0 Å². The number of nitrogens with one attached hydrogen (secondary N) is 1. The van der Waals surface area contributed by atoms with E-state index in [1.165, 1.54) is 8.61 Å². The summed E-state index contributed by atoms with van der Waals surface area (Å²) >= 11 is 0. The van der Waals surface area contributed by atoms with Crippen LogP contribution in [-0.2, 0) is 21.5 Å². The SMILES string of the molecule is Cc1cc(C)c(NC(=O)CN2CCN(Cc3ccccc3C)S2(=O)=O)c(C)c1. The van der Waals surface area contributed by atoms with Gasteiger partial charge in [-0.3, -0.25) is 4.79 Å². The van der Waals surface area contributed by atoms with E-state index in [0.29, 0.717) is 19.6 Å². The minimum absolute atomic E-state index is 0.181. The van der Waals surface area contributed by atoms with Crippen molar-refractivity contribution >= 4 is 21.8 Å². The van der Waals surface area contributed by atoms with Crippen molar-refractivity contribution in [2.24, 2.45) is 0 Å². The molecule has 0 aromatic heterocycles. The molecule has 1 fully saturated rings. The molecule has 1 saturated heterocycles. The van der Waals surface area contributed by atoms with Crippen molar-refractivity contribution in [3.05, 3.63) is 64.2 Å². The standard InChI is InChI=1S/C21H27N3O3S/c1-15-11-17(3)21(18(4)12-15)22-20(25)14-24-10-9-23(28(24,26)27)13-19-8-6-5-7-16(19)2/h5-8,11-12H,9-10,13-14H2,1-4H3,(H,22,25). The summed E-state index contributed by atoms with van der Waals surface area (Å²) in [6, 6.07) is 11.7. The maximum absolute atomic E-state index is 12.8. The van der Waals surface area contributed by atoms with Crippen LogP contribution in [-0.4, -0.2) is 42.6 Å². The van der Waals surface area contributed by atoms with Gasteiger partial charge in [0.1, 0.15) is 0 Å². The van der Waals surface area contributed by atoms with Gasteiger partial charge in [-0.25, -0.2) is 0 Å². The molecular weight excluding hydrogens is 374 g/mol. The first kappa shape index (κ1) is 20.5. The number of hydrogen-bond donors (Lipinski definition) is 1. The lowest BCUT2D eigenvalue weighted by Crippen LogP contribution is -2.38. The second-order valence-corrected chi connectivity index (χ2v) is 9.35. The number of carbonyl (C=O) groups excluding carboxylic acids is 1. The molecule has 1 aliphatic rings. The van der Waals surface area contributed by atoms with Gasteiger partial charge in [-0.05, 0) is 49.9 Å². The molecule has 0 unspecified atom stereocenters. The van der Waals surface area contributed by atoms with Gasteiger partial charge in [0, 0.05) is 25.3 Å². The lowest BCUT2D eigenvalue weighted by Gasteiger charge is -2.20. The highest BCUT2D eigenvalue weighted by Gasteiger charge is 2.37. The van der Waals surface area contributed by atoms with E-state index in [9.17, 15) is 13.2 Å². The molecule has 7 heteroatoms. The summed E-state index contributed by atoms with van der Waals surface area (Å²) in [4.78, 5) is 12.5. The number of benzene rings is 2. The van der Waals surface area contributed by atoms with Crippen molar-refractivity contribution in [2.75, 3.05) is 25.0 Å². The van der Waals surface area contributed by atoms with Gasteiger partial charge in [0.25, 0.3) is 10.2 Å². The highest BCUT2D eigenvalue weighted by molar-refractivity contribution is 7.87. The summed E-state index contributed by atoms with van der Waals surface area (Å²) in [5.74, 6) is -0.323. The van der Waals surface area contributed by atoms with Gasteiger partial charge >= 0.3 is 0 Å². The maximum Gasteiger partial charge on any atom is 0.282 e. The van der Waals surface area contributed by atoms with Crippen LogP contribution in [0.4, 0.5) is 5.69 Å². The quantitative estimate of drug-likeness (QED) is 0.838. The molecular formula is C21H27N3O3S. The molecule has 3 rings (SSSR count). The van der Waals surface area contributed by atoms with E-state index in [2.05, 4.69) is 5.32 Å². The Hall–Kier alpha value is -2.22. The molecule has 1 N–H and O–H groups in total. The van der Waals surface area contributed by atoms with E-state index in [-0.39, 0.29) is 12.5 Å². The fourth-order valence-corrected chi connectivity index (χ4v) is 5.17. The molecule has 0 spiro atoms. The highest BCUT2D eigenvalue weighted by atomic mass is 32.2. The van der Waals surface area contributed by atoms with Crippen LogP contribution >= 0.6 is 0 Å². The molecule has 0 radical (unpaired) electrons. The zero-order valence-corrected chi connectivity index (χ0v) is 17.6. The minimum Gasteiger partial charge on any atom is -0.324 e. The van der Waals surface area contributed by atoms with Gasteiger partial charge in [-0.15, -0.1) is 0 Å². The van der Waals surface area contributed by atoms with Gasteiger partial charge in [-0.2, -0.15) is 17.0 Å². The predicted molar refractivity (Wildman–Crippen MR) is 111 cm³/mol. The molecule has 2 aromatic carbocycles. The topological polar surface area (TPSA) is 69.7 Å². The van der Waals surface area contributed by atoms with Crippen LogP contribution in [0, 0.1) is 27.7 Å². The average molecular weight is 402 g/mol. The van der Waals surface area contributed by atoms with Crippen molar-refractivity contribution in [2.45, 2.75) is 34.2 Å². The molecule has 1 amide bonds. The van der Waals surface area contributed by atoms with E-state index in [1.807, 2.05) is 64.1 Å². The molecule has 0 bridgehead atoms. The normalized spacial score (nSPS) is 17.0.